The van der Waals surface area contributed by atoms with Crippen molar-refractivity contribution in [2.24, 2.45) is 11.8 Å². The van der Waals surface area contributed by atoms with Crippen molar-refractivity contribution in [3.05, 3.63) is 36.2 Å². The highest BCUT2D eigenvalue weighted by molar-refractivity contribution is 7.98. The molecule has 1 spiro atoms. The molecule has 0 saturated carbocycles. The maximum Gasteiger partial charge on any atom is 0.189 e. The minimum Gasteiger partial charge on any atom is -0.396 e. The molecular weight excluding hydrogens is 388 g/mol. The van der Waals surface area contributed by atoms with Crippen LogP contribution in [0.1, 0.15) is 5.56 Å². The Balaban J connectivity index is 1.48. The van der Waals surface area contributed by atoms with Crippen LogP contribution in [0.3, 0.4) is 0 Å². The number of fused-ring (bicyclic) bond motifs is 1. The van der Waals surface area contributed by atoms with Crippen LogP contribution in [-0.2, 0) is 4.74 Å². The zero-order valence-corrected chi connectivity index (χ0v) is 16.9. The van der Waals surface area contributed by atoms with Crippen LogP contribution >= 0.6 is 11.8 Å². The normalized spacial score (nSPS) is 30.3. The number of hydrogen-bond donors (Lipinski definition) is 1. The van der Waals surface area contributed by atoms with E-state index in [1.54, 1.807) is 24.5 Å². The quantitative estimate of drug-likeness (QED) is 0.588. The van der Waals surface area contributed by atoms with Gasteiger partial charge < -0.3 is 19.6 Å². The number of aromatic nitrogens is 3. The van der Waals surface area contributed by atoms with Crippen molar-refractivity contribution in [1.29, 1.82) is 5.26 Å². The van der Waals surface area contributed by atoms with Crippen molar-refractivity contribution in [2.45, 2.75) is 16.9 Å². The Bertz CT molecular complexity index is 968. The number of morpholine rings is 1. The van der Waals surface area contributed by atoms with E-state index in [1.807, 2.05) is 12.3 Å². The highest BCUT2D eigenvalue weighted by Crippen LogP contribution is 2.50. The standard InChI is InChI=1S/C20H22N6O2S/c1-29-19-23-6-4-17(24-19)25-8-15-14(10-27)16-9-26(12-20(15,11-25)28-16)18-13(7-21)3-2-5-22-18/h2-6,14-16,27H,8-12H2,1H3/t14-,15+,16+,20-/m0/s1. The fraction of sp³-hybridized carbons (Fsp3) is 0.500. The highest BCUT2D eigenvalue weighted by Gasteiger charge is 2.62. The maximum absolute atomic E-state index is 10.1. The lowest BCUT2D eigenvalue weighted by Crippen LogP contribution is -2.54. The lowest BCUT2D eigenvalue weighted by molar-refractivity contribution is -0.0551. The Hall–Kier alpha value is -2.41. The molecule has 0 radical (unpaired) electrons. The van der Waals surface area contributed by atoms with Gasteiger partial charge in [-0.25, -0.2) is 15.0 Å². The van der Waals surface area contributed by atoms with Crippen molar-refractivity contribution in [2.75, 3.05) is 48.8 Å². The second-order valence-electron chi connectivity index (χ2n) is 7.82. The number of nitrogens with zero attached hydrogens (tertiary/aromatic N) is 6. The molecule has 3 fully saturated rings. The highest BCUT2D eigenvalue weighted by atomic mass is 32.2. The largest absolute Gasteiger partial charge is 0.396 e. The maximum atomic E-state index is 10.1. The van der Waals surface area contributed by atoms with Gasteiger partial charge in [-0.2, -0.15) is 5.26 Å². The molecule has 29 heavy (non-hydrogen) atoms. The summed E-state index contributed by atoms with van der Waals surface area (Å²) in [6.07, 6.45) is 5.40. The molecule has 2 bridgehead atoms. The summed E-state index contributed by atoms with van der Waals surface area (Å²) in [7, 11) is 0. The van der Waals surface area contributed by atoms with Crippen molar-refractivity contribution < 1.29 is 9.84 Å². The van der Waals surface area contributed by atoms with E-state index in [9.17, 15) is 10.4 Å². The molecule has 3 aliphatic heterocycles. The van der Waals surface area contributed by atoms with Gasteiger partial charge in [0.05, 0.1) is 24.8 Å². The first-order chi connectivity index (χ1) is 14.2. The number of rotatable bonds is 4. The molecule has 3 saturated heterocycles. The molecule has 5 rings (SSSR count). The van der Waals surface area contributed by atoms with Gasteiger partial charge in [-0.3, -0.25) is 0 Å². The molecule has 1 N–H and O–H groups in total. The monoisotopic (exact) mass is 410 g/mol. The van der Waals surface area contributed by atoms with E-state index >= 15 is 0 Å². The van der Waals surface area contributed by atoms with Gasteiger partial charge >= 0.3 is 0 Å². The number of pyridine rings is 1. The van der Waals surface area contributed by atoms with Crippen LogP contribution in [-0.4, -0.2) is 70.8 Å². The molecule has 9 heteroatoms. The molecule has 0 amide bonds. The first-order valence-corrected chi connectivity index (χ1v) is 10.9. The van der Waals surface area contributed by atoms with Crippen LogP contribution in [0.15, 0.2) is 35.7 Å². The third-order valence-corrected chi connectivity index (χ3v) is 6.90. The molecule has 3 aliphatic rings. The van der Waals surface area contributed by atoms with E-state index in [1.165, 1.54) is 11.8 Å². The summed E-state index contributed by atoms with van der Waals surface area (Å²) in [5.41, 5.74) is 0.156. The number of ether oxygens (including phenoxy) is 1. The van der Waals surface area contributed by atoms with E-state index in [-0.39, 0.29) is 24.5 Å². The molecule has 5 heterocycles. The second kappa shape index (κ2) is 7.13. The van der Waals surface area contributed by atoms with Gasteiger partial charge in [0.15, 0.2) is 5.16 Å². The minimum absolute atomic E-state index is 0.0566. The molecule has 0 aromatic carbocycles. The summed E-state index contributed by atoms with van der Waals surface area (Å²) in [6, 6.07) is 7.75. The Morgan fingerprint density at radius 3 is 2.93 bits per heavy atom. The van der Waals surface area contributed by atoms with Crippen LogP contribution in [0, 0.1) is 23.2 Å². The van der Waals surface area contributed by atoms with Crippen molar-refractivity contribution in [3.63, 3.8) is 0 Å². The summed E-state index contributed by atoms with van der Waals surface area (Å²) in [4.78, 5) is 17.8. The summed E-state index contributed by atoms with van der Waals surface area (Å²) < 4.78 is 6.54. The van der Waals surface area contributed by atoms with Gasteiger partial charge in [-0.05, 0) is 24.5 Å². The predicted octanol–water partition coefficient (Wildman–Crippen LogP) is 1.17. The Morgan fingerprint density at radius 1 is 1.28 bits per heavy atom. The van der Waals surface area contributed by atoms with Crippen LogP contribution in [0.25, 0.3) is 0 Å². The lowest BCUT2D eigenvalue weighted by Gasteiger charge is -2.41. The zero-order valence-electron chi connectivity index (χ0n) is 16.1. The molecule has 0 aliphatic carbocycles. The smallest absolute Gasteiger partial charge is 0.189 e. The van der Waals surface area contributed by atoms with E-state index in [4.69, 9.17) is 4.74 Å². The fourth-order valence-electron chi connectivity index (χ4n) is 5.11. The summed E-state index contributed by atoms with van der Waals surface area (Å²) in [5.74, 6) is 1.84. The second-order valence-corrected chi connectivity index (χ2v) is 8.60. The summed E-state index contributed by atoms with van der Waals surface area (Å²) in [5, 5.41) is 20.4. The number of aliphatic hydroxyl groups excluding tert-OH is 1. The van der Waals surface area contributed by atoms with Crippen molar-refractivity contribution >= 4 is 23.4 Å². The van der Waals surface area contributed by atoms with Crippen molar-refractivity contribution in [3.8, 4) is 6.07 Å². The lowest BCUT2D eigenvalue weighted by atomic mass is 9.83. The zero-order chi connectivity index (χ0) is 20.0. The average Bonchev–Trinajstić information content (AvgIpc) is 3.21. The number of thioether (sulfide) groups is 1. The van der Waals surface area contributed by atoms with Crippen LogP contribution in [0.5, 0.6) is 0 Å². The molecule has 2 aromatic heterocycles. The first-order valence-electron chi connectivity index (χ1n) is 9.68. The summed E-state index contributed by atoms with van der Waals surface area (Å²) in [6.45, 7) is 2.85. The third kappa shape index (κ3) is 2.94. The Morgan fingerprint density at radius 2 is 2.14 bits per heavy atom. The predicted molar refractivity (Wildman–Crippen MR) is 109 cm³/mol. The SMILES string of the molecule is CSc1nccc(N2C[C@@H]3[C@H](CO)[C@H]4CN(c5ncccc5C#N)C[C@]3(C2)O4)n1. The average molecular weight is 411 g/mol. The molecule has 8 nitrogen and oxygen atoms in total. The molecular formula is C20H22N6O2S. The van der Waals surface area contributed by atoms with Gasteiger partial charge in [-0.1, -0.05) is 11.8 Å². The third-order valence-electron chi connectivity index (χ3n) is 6.33. The van der Waals surface area contributed by atoms with Gasteiger partial charge in [0.2, 0.25) is 0 Å². The topological polar surface area (TPSA) is 98.4 Å². The van der Waals surface area contributed by atoms with Gasteiger partial charge in [0.25, 0.3) is 0 Å². The minimum atomic E-state index is -0.412. The Labute approximate surface area is 173 Å². The van der Waals surface area contributed by atoms with E-state index in [0.717, 1.165) is 17.5 Å². The molecule has 2 aromatic rings. The van der Waals surface area contributed by atoms with Gasteiger partial charge in [-0.15, -0.1) is 0 Å². The van der Waals surface area contributed by atoms with Crippen LogP contribution < -0.4 is 9.80 Å². The summed E-state index contributed by atoms with van der Waals surface area (Å²) >= 11 is 1.52. The Kier molecular flexibility index (Phi) is 4.57. The molecule has 4 atom stereocenters. The molecule has 150 valence electrons. The number of hydrogen-bond acceptors (Lipinski definition) is 9. The number of anilines is 2. The van der Waals surface area contributed by atoms with Crippen LogP contribution in [0.2, 0.25) is 0 Å². The number of aliphatic hydroxyl groups is 1. The molecule has 0 unspecified atom stereocenters. The fourth-order valence-corrected chi connectivity index (χ4v) is 5.46. The van der Waals surface area contributed by atoms with Crippen molar-refractivity contribution in [1.82, 2.24) is 15.0 Å². The van der Waals surface area contributed by atoms with Crippen LogP contribution in [0.4, 0.5) is 11.6 Å². The number of nitriles is 1. The van der Waals surface area contributed by atoms with E-state index in [2.05, 4.69) is 30.8 Å². The van der Waals surface area contributed by atoms with Gasteiger partial charge in [0.1, 0.15) is 23.3 Å². The van der Waals surface area contributed by atoms with Gasteiger partial charge in [0, 0.05) is 43.9 Å². The first kappa shape index (κ1) is 18.6. The van der Waals surface area contributed by atoms with E-state index in [0.29, 0.717) is 31.0 Å². The van der Waals surface area contributed by atoms with E-state index < -0.39 is 5.60 Å².